The molecule has 2 aromatic carbocycles. The molecule has 1 unspecified atom stereocenters. The lowest BCUT2D eigenvalue weighted by Gasteiger charge is -2.17. The van der Waals surface area contributed by atoms with Crippen molar-refractivity contribution in [1.29, 1.82) is 0 Å². The maximum Gasteiger partial charge on any atom is 0.340 e. The second-order valence-corrected chi connectivity index (χ2v) is 8.93. The van der Waals surface area contributed by atoms with E-state index in [0.29, 0.717) is 21.8 Å². The number of fused-ring (bicyclic) bond motifs is 2. The summed E-state index contributed by atoms with van der Waals surface area (Å²) in [6, 6.07) is 8.76. The summed E-state index contributed by atoms with van der Waals surface area (Å²) in [5.74, 6) is -1.80. The molecule has 8 heteroatoms. The molecule has 34 heavy (non-hydrogen) atoms. The highest BCUT2D eigenvalue weighted by molar-refractivity contribution is 6.30. The van der Waals surface area contributed by atoms with Gasteiger partial charge in [0, 0.05) is 33.8 Å². The van der Waals surface area contributed by atoms with Gasteiger partial charge in [0.1, 0.15) is 11.2 Å². The number of aryl methyl sites for hydroxylation is 3. The highest BCUT2D eigenvalue weighted by Crippen LogP contribution is 2.32. The molecular weight excluding hydrogens is 458 g/mol. The first-order valence-corrected chi connectivity index (χ1v) is 11.2. The van der Waals surface area contributed by atoms with Gasteiger partial charge in [0.25, 0.3) is 0 Å². The van der Waals surface area contributed by atoms with Crippen molar-refractivity contribution < 1.29 is 23.5 Å². The highest BCUT2D eigenvalue weighted by Gasteiger charge is 2.21. The lowest BCUT2D eigenvalue weighted by molar-refractivity contribution is -0.137. The quantitative estimate of drug-likeness (QED) is 0.358. The number of carbonyl (C=O) groups excluding carboxylic acids is 1. The summed E-state index contributed by atoms with van der Waals surface area (Å²) < 4.78 is 11.2. The summed E-state index contributed by atoms with van der Waals surface area (Å²) in [5.41, 5.74) is 3.93. The molecule has 0 aliphatic carbocycles. The molecule has 0 aliphatic rings. The zero-order chi connectivity index (χ0) is 24.6. The molecule has 0 radical (unpaired) electrons. The summed E-state index contributed by atoms with van der Waals surface area (Å²) in [6.45, 7) is 5.68. The molecule has 4 aromatic rings. The Kier molecular flexibility index (Phi) is 6.48. The molecule has 0 spiro atoms. The minimum atomic E-state index is -0.976. The normalized spacial score (nSPS) is 12.2. The van der Waals surface area contributed by atoms with E-state index in [0.717, 1.165) is 27.5 Å². The topological polar surface area (TPSA) is 110 Å². The Labute approximate surface area is 200 Å². The number of amides is 1. The molecule has 7 nitrogen and oxygen atoms in total. The molecule has 0 fully saturated rings. The van der Waals surface area contributed by atoms with E-state index in [2.05, 4.69) is 5.32 Å². The monoisotopic (exact) mass is 481 g/mol. The van der Waals surface area contributed by atoms with Crippen molar-refractivity contribution in [3.05, 3.63) is 79.9 Å². The lowest BCUT2D eigenvalue weighted by Crippen LogP contribution is -2.32. The van der Waals surface area contributed by atoms with Crippen molar-refractivity contribution >= 4 is 45.4 Å². The summed E-state index contributed by atoms with van der Waals surface area (Å²) >= 11 is 5.93. The van der Waals surface area contributed by atoms with Crippen LogP contribution in [0, 0.1) is 20.8 Å². The van der Waals surface area contributed by atoms with E-state index in [9.17, 15) is 19.5 Å². The van der Waals surface area contributed by atoms with Crippen molar-refractivity contribution in [2.24, 2.45) is 0 Å². The van der Waals surface area contributed by atoms with Crippen LogP contribution in [0.3, 0.4) is 0 Å². The van der Waals surface area contributed by atoms with Gasteiger partial charge in [-0.1, -0.05) is 23.7 Å². The zero-order valence-electron chi connectivity index (χ0n) is 19.0. The number of carboxylic acid groups (broad SMARTS) is 1. The summed E-state index contributed by atoms with van der Waals surface area (Å²) in [5, 5.41) is 14.3. The van der Waals surface area contributed by atoms with Crippen molar-refractivity contribution in [1.82, 2.24) is 5.32 Å². The van der Waals surface area contributed by atoms with Crippen LogP contribution in [0.25, 0.3) is 21.9 Å². The Morgan fingerprint density at radius 2 is 1.76 bits per heavy atom. The van der Waals surface area contributed by atoms with Crippen LogP contribution in [-0.4, -0.2) is 23.5 Å². The molecular formula is C26H24ClNO6. The van der Waals surface area contributed by atoms with E-state index >= 15 is 0 Å². The van der Waals surface area contributed by atoms with Crippen molar-refractivity contribution in [3.8, 4) is 0 Å². The molecule has 0 aliphatic heterocycles. The Hall–Kier alpha value is -3.58. The summed E-state index contributed by atoms with van der Waals surface area (Å²) in [7, 11) is 0. The molecule has 2 heterocycles. The Bertz CT molecular complexity index is 1470. The third-order valence-corrected chi connectivity index (χ3v) is 6.43. The molecule has 0 saturated heterocycles. The molecule has 2 aromatic heterocycles. The van der Waals surface area contributed by atoms with Crippen LogP contribution in [-0.2, 0) is 16.0 Å². The first kappa shape index (κ1) is 23.6. The number of benzene rings is 2. The number of furan rings is 1. The van der Waals surface area contributed by atoms with Gasteiger partial charge in [0.15, 0.2) is 0 Å². The summed E-state index contributed by atoms with van der Waals surface area (Å²) in [4.78, 5) is 36.8. The van der Waals surface area contributed by atoms with Crippen LogP contribution in [0.1, 0.15) is 40.2 Å². The highest BCUT2D eigenvalue weighted by atomic mass is 35.5. The van der Waals surface area contributed by atoms with Gasteiger partial charge in [-0.3, -0.25) is 9.59 Å². The maximum absolute atomic E-state index is 12.8. The van der Waals surface area contributed by atoms with Gasteiger partial charge in [-0.25, -0.2) is 4.79 Å². The third-order valence-electron chi connectivity index (χ3n) is 6.18. The van der Waals surface area contributed by atoms with Crippen LogP contribution in [0.5, 0.6) is 0 Å². The van der Waals surface area contributed by atoms with E-state index in [4.69, 9.17) is 20.4 Å². The maximum atomic E-state index is 12.8. The van der Waals surface area contributed by atoms with Gasteiger partial charge >= 0.3 is 11.6 Å². The standard InChI is InChI=1S/C26H24ClNO6/c1-13-12-33-24-15(3)25-20(9-19(13)24)14(2)21(26(32)34-25)10-22(29)28-11-17(8-23(30)31)16-4-6-18(27)7-5-16/h4-7,9,12,17H,8,10-11H2,1-3H3,(H,28,29)(H,30,31). The Morgan fingerprint density at radius 1 is 1.06 bits per heavy atom. The number of carboxylic acids is 1. The van der Waals surface area contributed by atoms with Gasteiger partial charge in [-0.15, -0.1) is 0 Å². The second-order valence-electron chi connectivity index (χ2n) is 8.49. The predicted molar refractivity (Wildman–Crippen MR) is 130 cm³/mol. The van der Waals surface area contributed by atoms with Gasteiger partial charge in [-0.05, 0) is 55.7 Å². The van der Waals surface area contributed by atoms with E-state index in [-0.39, 0.29) is 24.9 Å². The Balaban J connectivity index is 1.59. The average Bonchev–Trinajstić information content (AvgIpc) is 3.16. The number of hydrogen-bond acceptors (Lipinski definition) is 5. The minimum absolute atomic E-state index is 0.110. The van der Waals surface area contributed by atoms with Gasteiger partial charge in [0.2, 0.25) is 5.91 Å². The van der Waals surface area contributed by atoms with Crippen LogP contribution in [0.15, 0.2) is 50.2 Å². The average molecular weight is 482 g/mol. The number of carbonyl (C=O) groups is 2. The molecule has 0 bridgehead atoms. The minimum Gasteiger partial charge on any atom is -0.481 e. The molecule has 4 rings (SSSR count). The fourth-order valence-electron chi connectivity index (χ4n) is 4.24. The molecule has 2 N–H and O–H groups in total. The van der Waals surface area contributed by atoms with Crippen molar-refractivity contribution in [2.75, 3.05) is 6.54 Å². The van der Waals surface area contributed by atoms with Gasteiger partial charge in [0.05, 0.1) is 24.7 Å². The second kappa shape index (κ2) is 9.35. The van der Waals surface area contributed by atoms with Crippen LogP contribution < -0.4 is 10.9 Å². The van der Waals surface area contributed by atoms with E-state index in [1.807, 2.05) is 19.9 Å². The molecule has 0 saturated carbocycles. The third kappa shape index (κ3) is 4.56. The number of hydrogen-bond donors (Lipinski definition) is 2. The smallest absolute Gasteiger partial charge is 0.340 e. The van der Waals surface area contributed by atoms with Gasteiger partial charge in [-0.2, -0.15) is 0 Å². The zero-order valence-corrected chi connectivity index (χ0v) is 19.8. The van der Waals surface area contributed by atoms with Crippen molar-refractivity contribution in [3.63, 3.8) is 0 Å². The van der Waals surface area contributed by atoms with E-state index < -0.39 is 23.4 Å². The van der Waals surface area contributed by atoms with E-state index in [1.165, 1.54) is 0 Å². The SMILES string of the molecule is Cc1coc2c(C)c3oc(=O)c(CC(=O)NCC(CC(=O)O)c4ccc(Cl)cc4)c(C)c3cc12. The predicted octanol–water partition coefficient (Wildman–Crippen LogP) is 5.04. The Morgan fingerprint density at radius 3 is 2.44 bits per heavy atom. The fourth-order valence-corrected chi connectivity index (χ4v) is 4.36. The molecule has 1 amide bonds. The van der Waals surface area contributed by atoms with E-state index in [1.54, 1.807) is 37.5 Å². The largest absolute Gasteiger partial charge is 0.481 e. The number of aliphatic carboxylic acids is 1. The number of halogens is 1. The fraction of sp³-hybridized carbons (Fsp3) is 0.269. The lowest BCUT2D eigenvalue weighted by atomic mass is 9.95. The van der Waals surface area contributed by atoms with Crippen molar-refractivity contribution in [2.45, 2.75) is 39.5 Å². The van der Waals surface area contributed by atoms with Crippen LogP contribution in [0.4, 0.5) is 0 Å². The van der Waals surface area contributed by atoms with Crippen LogP contribution in [0.2, 0.25) is 5.02 Å². The number of nitrogens with one attached hydrogen (secondary N) is 1. The molecule has 176 valence electrons. The molecule has 1 atom stereocenters. The first-order chi connectivity index (χ1) is 16.2. The number of rotatable bonds is 7. The van der Waals surface area contributed by atoms with Crippen LogP contribution >= 0.6 is 11.6 Å². The summed E-state index contributed by atoms with van der Waals surface area (Å²) in [6.07, 6.45) is 1.33. The van der Waals surface area contributed by atoms with Gasteiger partial charge < -0.3 is 19.3 Å². The first-order valence-electron chi connectivity index (χ1n) is 10.8.